The number of amidine groups is 1. The van der Waals surface area contributed by atoms with Crippen LogP contribution in [-0.2, 0) is 16.4 Å². The Morgan fingerprint density at radius 2 is 2.00 bits per heavy atom. The number of aryl methyl sites for hydroxylation is 2. The predicted molar refractivity (Wildman–Crippen MR) is 115 cm³/mol. The lowest BCUT2D eigenvalue weighted by Crippen LogP contribution is -2.29. The van der Waals surface area contributed by atoms with E-state index in [0.717, 1.165) is 16.8 Å². The van der Waals surface area contributed by atoms with Crippen molar-refractivity contribution in [3.63, 3.8) is 0 Å². The fourth-order valence-corrected chi connectivity index (χ4v) is 7.48. The van der Waals surface area contributed by atoms with Gasteiger partial charge in [0.25, 0.3) is 0 Å². The van der Waals surface area contributed by atoms with E-state index in [9.17, 15) is 12.8 Å². The van der Waals surface area contributed by atoms with Gasteiger partial charge >= 0.3 is 0 Å². The third-order valence-electron chi connectivity index (χ3n) is 5.22. The van der Waals surface area contributed by atoms with Gasteiger partial charge in [-0.3, -0.25) is 4.99 Å². The first-order chi connectivity index (χ1) is 13.2. The summed E-state index contributed by atoms with van der Waals surface area (Å²) in [5.41, 5.74) is 3.57. The van der Waals surface area contributed by atoms with Crippen LogP contribution in [0.5, 0.6) is 0 Å². The summed E-state index contributed by atoms with van der Waals surface area (Å²) in [5, 5.41) is 0.998. The minimum atomic E-state index is -3.03. The molecule has 2 heterocycles. The van der Waals surface area contributed by atoms with E-state index in [1.165, 1.54) is 17.8 Å². The molecule has 2 aliphatic rings. The van der Waals surface area contributed by atoms with Gasteiger partial charge in [-0.1, -0.05) is 35.5 Å². The van der Waals surface area contributed by atoms with E-state index in [1.807, 2.05) is 36.9 Å². The van der Waals surface area contributed by atoms with E-state index >= 15 is 0 Å². The largest absolute Gasteiger partial charge is 0.317 e. The van der Waals surface area contributed by atoms with Crippen LogP contribution in [0.15, 0.2) is 41.4 Å². The van der Waals surface area contributed by atoms with Crippen LogP contribution in [0.2, 0.25) is 5.02 Å². The van der Waals surface area contributed by atoms with Crippen LogP contribution in [0.4, 0.5) is 10.1 Å². The monoisotopic (exact) mass is 438 g/mol. The number of nitrogens with zero attached hydrogens (tertiary/aromatic N) is 2. The first-order valence-corrected chi connectivity index (χ1v) is 12.0. The smallest absolute Gasteiger partial charge is 0.164 e. The van der Waals surface area contributed by atoms with E-state index in [0.29, 0.717) is 15.8 Å². The lowest BCUT2D eigenvalue weighted by Gasteiger charge is -2.26. The summed E-state index contributed by atoms with van der Waals surface area (Å²) < 4.78 is 38.2. The minimum absolute atomic E-state index is 0.0786. The van der Waals surface area contributed by atoms with E-state index in [4.69, 9.17) is 16.6 Å². The second kappa shape index (κ2) is 7.35. The summed E-state index contributed by atoms with van der Waals surface area (Å²) in [7, 11) is -3.03. The van der Waals surface area contributed by atoms with Crippen molar-refractivity contribution in [2.75, 3.05) is 16.4 Å². The number of anilines is 1. The van der Waals surface area contributed by atoms with Gasteiger partial charge in [-0.25, -0.2) is 12.8 Å². The maximum atomic E-state index is 14.5. The molecule has 0 aromatic heterocycles. The van der Waals surface area contributed by atoms with E-state index in [-0.39, 0.29) is 35.2 Å². The standard InChI is InChI=1S/C20H20ClFN2O2S2/c1-12-6-7-14(8-13(12)2)24(9-15-16(21)4-3-5-17(15)22)20-23-18-10-28(25,26)11-19(18)27-20/h3-8,18-19H,9-11H2,1-2H3/t18-,19+/m1/s1. The van der Waals surface area contributed by atoms with Crippen LogP contribution >= 0.6 is 23.4 Å². The number of thioether (sulfide) groups is 1. The third-order valence-corrected chi connectivity index (χ3v) is 8.82. The SMILES string of the molecule is Cc1ccc(N(Cc2c(F)cccc2Cl)C2=N[C@@H]3CS(=O)(=O)C[C@@H]3S2)cc1C. The highest BCUT2D eigenvalue weighted by molar-refractivity contribution is 8.15. The first-order valence-electron chi connectivity index (χ1n) is 8.96. The number of benzene rings is 2. The third kappa shape index (κ3) is 3.80. The minimum Gasteiger partial charge on any atom is -0.317 e. The van der Waals surface area contributed by atoms with Gasteiger partial charge in [0, 0.05) is 21.5 Å². The summed E-state index contributed by atoms with van der Waals surface area (Å²) in [5.74, 6) is -0.154. The van der Waals surface area contributed by atoms with Crippen LogP contribution in [0.25, 0.3) is 0 Å². The van der Waals surface area contributed by atoms with Crippen molar-refractivity contribution in [1.82, 2.24) is 0 Å². The zero-order valence-corrected chi connectivity index (χ0v) is 17.9. The number of sulfone groups is 1. The van der Waals surface area contributed by atoms with Crippen LogP contribution in [-0.4, -0.2) is 36.4 Å². The molecule has 0 bridgehead atoms. The topological polar surface area (TPSA) is 49.7 Å². The van der Waals surface area contributed by atoms with Gasteiger partial charge in [0.2, 0.25) is 0 Å². The Kier molecular flexibility index (Phi) is 5.18. The Morgan fingerprint density at radius 1 is 1.21 bits per heavy atom. The average Bonchev–Trinajstić information content (AvgIpc) is 3.10. The van der Waals surface area contributed by atoms with Crippen molar-refractivity contribution in [1.29, 1.82) is 0 Å². The number of aliphatic imine (C=N–C) groups is 1. The molecule has 1 saturated heterocycles. The van der Waals surface area contributed by atoms with Crippen molar-refractivity contribution in [3.8, 4) is 0 Å². The molecule has 0 aliphatic carbocycles. The van der Waals surface area contributed by atoms with Crippen LogP contribution in [0, 0.1) is 19.7 Å². The molecule has 0 amide bonds. The maximum Gasteiger partial charge on any atom is 0.164 e. The number of halogens is 2. The Hall–Kier alpha value is -1.57. The van der Waals surface area contributed by atoms with Crippen LogP contribution in [0.3, 0.4) is 0 Å². The van der Waals surface area contributed by atoms with Crippen molar-refractivity contribution in [3.05, 3.63) is 63.9 Å². The van der Waals surface area contributed by atoms with Crippen molar-refractivity contribution in [2.45, 2.75) is 31.7 Å². The van der Waals surface area contributed by atoms with E-state index < -0.39 is 9.84 Å². The van der Waals surface area contributed by atoms with Crippen molar-refractivity contribution < 1.29 is 12.8 Å². The van der Waals surface area contributed by atoms with Gasteiger partial charge in [-0.15, -0.1) is 0 Å². The Morgan fingerprint density at radius 3 is 2.68 bits per heavy atom. The molecule has 148 valence electrons. The van der Waals surface area contributed by atoms with Gasteiger partial charge in [0.05, 0.1) is 24.1 Å². The molecule has 2 aromatic rings. The fraction of sp³-hybridized carbons (Fsp3) is 0.350. The molecule has 2 aliphatic heterocycles. The molecule has 2 atom stereocenters. The van der Waals surface area contributed by atoms with E-state index in [1.54, 1.807) is 12.1 Å². The predicted octanol–water partition coefficient (Wildman–Crippen LogP) is 4.37. The molecule has 0 unspecified atom stereocenters. The highest BCUT2D eigenvalue weighted by atomic mass is 35.5. The molecule has 0 saturated carbocycles. The molecule has 28 heavy (non-hydrogen) atoms. The Bertz CT molecular complexity index is 1050. The number of rotatable bonds is 3. The van der Waals surface area contributed by atoms with E-state index in [2.05, 4.69) is 0 Å². The number of hydrogen-bond donors (Lipinski definition) is 0. The lowest BCUT2D eigenvalue weighted by atomic mass is 10.1. The highest BCUT2D eigenvalue weighted by Crippen LogP contribution is 2.38. The molecule has 2 aromatic carbocycles. The Balaban J connectivity index is 1.73. The maximum absolute atomic E-state index is 14.5. The van der Waals surface area contributed by atoms with Crippen molar-refractivity contribution in [2.24, 2.45) is 4.99 Å². The summed E-state index contributed by atoms with van der Waals surface area (Å²) in [6, 6.07) is 10.4. The van der Waals surface area contributed by atoms with Crippen LogP contribution in [0.1, 0.15) is 16.7 Å². The summed E-state index contributed by atoms with van der Waals surface area (Å²) >= 11 is 7.72. The van der Waals surface area contributed by atoms with Crippen LogP contribution < -0.4 is 4.90 Å². The van der Waals surface area contributed by atoms with Gasteiger partial charge in [-0.2, -0.15) is 0 Å². The molecule has 8 heteroatoms. The van der Waals surface area contributed by atoms with Gasteiger partial charge in [0.15, 0.2) is 15.0 Å². The van der Waals surface area contributed by atoms with Crippen molar-refractivity contribution >= 4 is 44.1 Å². The highest BCUT2D eigenvalue weighted by Gasteiger charge is 2.44. The first kappa shape index (κ1) is 19.7. The molecule has 1 fully saturated rings. The zero-order valence-electron chi connectivity index (χ0n) is 15.5. The van der Waals surface area contributed by atoms with Gasteiger partial charge < -0.3 is 4.90 Å². The number of fused-ring (bicyclic) bond motifs is 1. The zero-order chi connectivity index (χ0) is 20.1. The number of hydrogen-bond acceptors (Lipinski definition) is 5. The summed E-state index contributed by atoms with van der Waals surface area (Å²) in [6.07, 6.45) is 0. The van der Waals surface area contributed by atoms with Gasteiger partial charge in [-0.05, 0) is 49.2 Å². The summed E-state index contributed by atoms with van der Waals surface area (Å²) in [6.45, 7) is 4.29. The second-order valence-electron chi connectivity index (χ2n) is 7.27. The molecular formula is C20H20ClFN2O2S2. The molecular weight excluding hydrogens is 419 g/mol. The molecule has 0 radical (unpaired) electrons. The fourth-order valence-electron chi connectivity index (χ4n) is 3.48. The quantitative estimate of drug-likeness (QED) is 0.713. The molecule has 4 rings (SSSR count). The summed E-state index contributed by atoms with van der Waals surface area (Å²) in [4.78, 5) is 6.63. The molecule has 0 spiro atoms. The normalized spacial score (nSPS) is 22.8. The molecule has 4 nitrogen and oxygen atoms in total. The van der Waals surface area contributed by atoms with Gasteiger partial charge in [0.1, 0.15) is 5.82 Å². The molecule has 0 N–H and O–H groups in total. The Labute approximate surface area is 173 Å². The lowest BCUT2D eigenvalue weighted by molar-refractivity contribution is 0.601. The average molecular weight is 439 g/mol. The second-order valence-corrected chi connectivity index (χ2v) is 11.0.